The van der Waals surface area contributed by atoms with Crippen molar-refractivity contribution in [3.63, 3.8) is 0 Å². The number of hydrogen-bond donors (Lipinski definition) is 1. The van der Waals surface area contributed by atoms with E-state index in [9.17, 15) is 19.1 Å². The third kappa shape index (κ3) is 6.03. The predicted molar refractivity (Wildman–Crippen MR) is 134 cm³/mol. The van der Waals surface area contributed by atoms with Crippen molar-refractivity contribution in [1.29, 1.82) is 0 Å². The van der Waals surface area contributed by atoms with Crippen LogP contribution in [-0.2, 0) is 24.2 Å². The lowest BCUT2D eigenvalue weighted by molar-refractivity contribution is -0.137. The molecule has 0 radical (unpaired) electrons. The largest absolute Gasteiger partial charge is 0.491 e. The summed E-state index contributed by atoms with van der Waals surface area (Å²) in [4.78, 5) is 26.2. The van der Waals surface area contributed by atoms with Crippen LogP contribution in [0.1, 0.15) is 47.8 Å². The zero-order chi connectivity index (χ0) is 25.9. The summed E-state index contributed by atoms with van der Waals surface area (Å²) in [5, 5.41) is 9.45. The van der Waals surface area contributed by atoms with Gasteiger partial charge in [0.25, 0.3) is 5.91 Å². The SMILES string of the molecule is CC(C)Oc1cccc(CN(CC(=O)O)C(=O)c2ccc3c(c2)CC(C)(Cc2ccccc2F)O3)c1. The zero-order valence-corrected chi connectivity index (χ0v) is 20.7. The number of rotatable bonds is 9. The van der Waals surface area contributed by atoms with Gasteiger partial charge in [0.1, 0.15) is 29.5 Å². The van der Waals surface area contributed by atoms with Crippen LogP contribution in [0.4, 0.5) is 4.39 Å². The molecule has 36 heavy (non-hydrogen) atoms. The second-order valence-corrected chi connectivity index (χ2v) is 9.69. The minimum atomic E-state index is -1.10. The van der Waals surface area contributed by atoms with Gasteiger partial charge in [-0.1, -0.05) is 30.3 Å². The Labute approximate surface area is 210 Å². The summed E-state index contributed by atoms with van der Waals surface area (Å²) in [5.41, 5.74) is 1.90. The number of nitrogens with zero attached hydrogens (tertiary/aromatic N) is 1. The Morgan fingerprint density at radius 1 is 1.11 bits per heavy atom. The van der Waals surface area contributed by atoms with E-state index in [1.165, 1.54) is 11.0 Å². The van der Waals surface area contributed by atoms with Crippen LogP contribution in [0, 0.1) is 5.82 Å². The fourth-order valence-electron chi connectivity index (χ4n) is 4.55. The molecule has 1 aliphatic rings. The van der Waals surface area contributed by atoms with E-state index in [1.54, 1.807) is 36.4 Å². The number of benzene rings is 3. The molecule has 1 unspecified atom stereocenters. The Balaban J connectivity index is 1.53. The Hall–Kier alpha value is -3.87. The third-order valence-electron chi connectivity index (χ3n) is 6.01. The standard InChI is InChI=1S/C29H30FNO5/c1-19(2)35-24-9-6-7-20(13-24)17-31(18-27(32)33)28(34)21-11-12-26-23(14-21)16-29(3,36-26)15-22-8-4-5-10-25(22)30/h4-14,19H,15-18H2,1-3H3,(H,32,33). The van der Waals surface area contributed by atoms with Crippen molar-refractivity contribution in [2.75, 3.05) is 6.54 Å². The lowest BCUT2D eigenvalue weighted by atomic mass is 9.91. The number of carbonyl (C=O) groups excluding carboxylic acids is 1. The minimum Gasteiger partial charge on any atom is -0.491 e. The molecule has 3 aromatic carbocycles. The molecule has 0 saturated heterocycles. The average molecular weight is 492 g/mol. The molecule has 1 aliphatic heterocycles. The van der Waals surface area contributed by atoms with E-state index in [0.717, 1.165) is 11.1 Å². The fraction of sp³-hybridized carbons (Fsp3) is 0.310. The van der Waals surface area contributed by atoms with Crippen LogP contribution in [0.25, 0.3) is 0 Å². The number of aliphatic carboxylic acids is 1. The maximum Gasteiger partial charge on any atom is 0.323 e. The summed E-state index contributed by atoms with van der Waals surface area (Å²) in [6, 6.07) is 19.0. The monoisotopic (exact) mass is 491 g/mol. The van der Waals surface area contributed by atoms with E-state index >= 15 is 0 Å². The summed E-state index contributed by atoms with van der Waals surface area (Å²) < 4.78 is 26.1. The Bertz CT molecular complexity index is 1270. The molecule has 6 nitrogen and oxygen atoms in total. The van der Waals surface area contributed by atoms with Crippen molar-refractivity contribution >= 4 is 11.9 Å². The van der Waals surface area contributed by atoms with Gasteiger partial charge in [-0.15, -0.1) is 0 Å². The molecule has 0 spiro atoms. The van der Waals surface area contributed by atoms with Gasteiger partial charge in [-0.25, -0.2) is 4.39 Å². The van der Waals surface area contributed by atoms with Gasteiger partial charge < -0.3 is 19.5 Å². The number of fused-ring (bicyclic) bond motifs is 1. The van der Waals surface area contributed by atoms with Gasteiger partial charge in [0.15, 0.2) is 0 Å². The molecule has 4 rings (SSSR count). The van der Waals surface area contributed by atoms with Crippen LogP contribution in [0.15, 0.2) is 66.7 Å². The molecule has 0 bridgehead atoms. The van der Waals surface area contributed by atoms with Crippen LogP contribution >= 0.6 is 0 Å². The molecule has 188 valence electrons. The average Bonchev–Trinajstić information content (AvgIpc) is 3.14. The summed E-state index contributed by atoms with van der Waals surface area (Å²) in [7, 11) is 0. The first kappa shape index (κ1) is 25.2. The van der Waals surface area contributed by atoms with E-state index in [2.05, 4.69) is 0 Å². The van der Waals surface area contributed by atoms with Crippen molar-refractivity contribution < 1.29 is 28.6 Å². The summed E-state index contributed by atoms with van der Waals surface area (Å²) in [5.74, 6) is -0.456. The smallest absolute Gasteiger partial charge is 0.323 e. The maximum absolute atomic E-state index is 14.2. The van der Waals surface area contributed by atoms with Gasteiger partial charge in [0.2, 0.25) is 0 Å². The Morgan fingerprint density at radius 2 is 1.89 bits per heavy atom. The molecule has 0 aliphatic carbocycles. The van der Waals surface area contributed by atoms with Gasteiger partial charge in [0.05, 0.1) is 6.10 Å². The molecule has 0 aromatic heterocycles. The van der Waals surface area contributed by atoms with E-state index in [-0.39, 0.29) is 18.5 Å². The van der Waals surface area contributed by atoms with Crippen molar-refractivity contribution in [2.24, 2.45) is 0 Å². The minimum absolute atomic E-state index is 0.00490. The first-order valence-corrected chi connectivity index (χ1v) is 11.9. The molecular formula is C29H30FNO5. The number of halogens is 1. The molecule has 3 aromatic rings. The lowest BCUT2D eigenvalue weighted by Crippen LogP contribution is -2.35. The molecule has 1 N–H and O–H groups in total. The highest BCUT2D eigenvalue weighted by Crippen LogP contribution is 2.38. The van der Waals surface area contributed by atoms with Gasteiger partial charge in [-0.3, -0.25) is 9.59 Å². The van der Waals surface area contributed by atoms with Crippen molar-refractivity contribution in [1.82, 2.24) is 4.90 Å². The highest BCUT2D eigenvalue weighted by Gasteiger charge is 2.36. The molecule has 0 fully saturated rings. The topological polar surface area (TPSA) is 76.1 Å². The van der Waals surface area contributed by atoms with Gasteiger partial charge >= 0.3 is 5.97 Å². The second kappa shape index (κ2) is 10.4. The van der Waals surface area contributed by atoms with Gasteiger partial charge in [0, 0.05) is 24.9 Å². The fourth-order valence-corrected chi connectivity index (χ4v) is 4.55. The van der Waals surface area contributed by atoms with Crippen LogP contribution < -0.4 is 9.47 Å². The first-order chi connectivity index (χ1) is 17.1. The third-order valence-corrected chi connectivity index (χ3v) is 6.01. The number of amides is 1. The molecular weight excluding hydrogens is 461 g/mol. The Morgan fingerprint density at radius 3 is 2.61 bits per heavy atom. The predicted octanol–water partition coefficient (Wildman–Crippen LogP) is 5.28. The molecule has 1 heterocycles. The zero-order valence-electron chi connectivity index (χ0n) is 20.7. The number of carbonyl (C=O) groups is 2. The first-order valence-electron chi connectivity index (χ1n) is 11.9. The van der Waals surface area contributed by atoms with E-state index in [4.69, 9.17) is 9.47 Å². The molecule has 1 amide bonds. The van der Waals surface area contributed by atoms with Gasteiger partial charge in [-0.2, -0.15) is 0 Å². The van der Waals surface area contributed by atoms with Crippen LogP contribution in [-0.4, -0.2) is 40.1 Å². The van der Waals surface area contributed by atoms with Crippen molar-refractivity contribution in [3.8, 4) is 11.5 Å². The lowest BCUT2D eigenvalue weighted by Gasteiger charge is -2.24. The van der Waals surface area contributed by atoms with Crippen molar-refractivity contribution in [2.45, 2.75) is 51.9 Å². The summed E-state index contributed by atoms with van der Waals surface area (Å²) in [6.45, 7) is 5.45. The normalized spacial score (nSPS) is 16.4. The highest BCUT2D eigenvalue weighted by atomic mass is 19.1. The molecule has 0 saturated carbocycles. The van der Waals surface area contributed by atoms with Crippen LogP contribution in [0.2, 0.25) is 0 Å². The van der Waals surface area contributed by atoms with E-state index in [1.807, 2.05) is 45.0 Å². The van der Waals surface area contributed by atoms with Crippen LogP contribution in [0.5, 0.6) is 11.5 Å². The van der Waals surface area contributed by atoms with Crippen molar-refractivity contribution in [3.05, 3.63) is 94.8 Å². The maximum atomic E-state index is 14.2. The second-order valence-electron chi connectivity index (χ2n) is 9.69. The summed E-state index contributed by atoms with van der Waals surface area (Å²) >= 11 is 0. The number of carboxylic acid groups (broad SMARTS) is 1. The molecule has 1 atom stereocenters. The van der Waals surface area contributed by atoms with Gasteiger partial charge in [-0.05, 0) is 73.9 Å². The number of carboxylic acids is 1. The number of hydrogen-bond acceptors (Lipinski definition) is 4. The summed E-state index contributed by atoms with van der Waals surface area (Å²) in [6.07, 6.45) is 0.887. The Kier molecular flexibility index (Phi) is 7.29. The quantitative estimate of drug-likeness (QED) is 0.441. The molecule has 7 heteroatoms. The van der Waals surface area contributed by atoms with E-state index < -0.39 is 24.0 Å². The number of ether oxygens (including phenoxy) is 2. The highest BCUT2D eigenvalue weighted by molar-refractivity contribution is 5.96. The van der Waals surface area contributed by atoms with Crippen LogP contribution in [0.3, 0.4) is 0 Å². The van der Waals surface area contributed by atoms with E-state index in [0.29, 0.717) is 35.5 Å².